The molecule has 11 heteroatoms. The maximum Gasteiger partial charge on any atom is 0.338 e. The Balaban J connectivity index is 1.72. The topological polar surface area (TPSA) is 97.6 Å². The average Bonchev–Trinajstić information content (AvgIpc) is 3.46. The first-order chi connectivity index (χ1) is 17.9. The van der Waals surface area contributed by atoms with E-state index in [-0.39, 0.29) is 24.5 Å². The van der Waals surface area contributed by atoms with Crippen LogP contribution in [0.25, 0.3) is 6.08 Å². The van der Waals surface area contributed by atoms with Crippen molar-refractivity contribution in [2.24, 2.45) is 4.99 Å². The number of halogens is 1. The van der Waals surface area contributed by atoms with E-state index in [9.17, 15) is 9.59 Å². The third-order valence-electron chi connectivity index (χ3n) is 6.02. The van der Waals surface area contributed by atoms with Gasteiger partial charge in [-0.1, -0.05) is 33.3 Å². The summed E-state index contributed by atoms with van der Waals surface area (Å²) in [4.78, 5) is 32.0. The number of hydrogen-bond acceptors (Lipinski definition) is 9. The monoisotopic (exact) mass is 586 g/mol. The summed E-state index contributed by atoms with van der Waals surface area (Å²) in [5, 5.41) is 0. The van der Waals surface area contributed by atoms with Gasteiger partial charge in [0, 0.05) is 4.47 Å². The first-order valence-corrected chi connectivity index (χ1v) is 13.0. The van der Waals surface area contributed by atoms with Crippen molar-refractivity contribution in [2.45, 2.75) is 19.9 Å². The molecule has 0 aliphatic carbocycles. The van der Waals surface area contributed by atoms with E-state index in [4.69, 9.17) is 23.7 Å². The lowest BCUT2D eigenvalue weighted by Gasteiger charge is -2.25. The molecule has 0 saturated heterocycles. The number of aromatic nitrogens is 1. The van der Waals surface area contributed by atoms with E-state index in [2.05, 4.69) is 20.9 Å². The lowest BCUT2D eigenvalue weighted by molar-refractivity contribution is -0.139. The molecule has 3 heterocycles. The van der Waals surface area contributed by atoms with Crippen LogP contribution in [0.2, 0.25) is 0 Å². The van der Waals surface area contributed by atoms with Gasteiger partial charge in [0.1, 0.15) is 0 Å². The summed E-state index contributed by atoms with van der Waals surface area (Å²) in [5.41, 5.74) is 1.89. The molecule has 0 amide bonds. The number of methoxy groups -OCH3 is 2. The molecule has 37 heavy (non-hydrogen) atoms. The molecule has 0 saturated carbocycles. The van der Waals surface area contributed by atoms with Gasteiger partial charge >= 0.3 is 5.97 Å². The summed E-state index contributed by atoms with van der Waals surface area (Å²) >= 11 is 4.79. The van der Waals surface area contributed by atoms with Gasteiger partial charge in [-0.2, -0.15) is 0 Å². The van der Waals surface area contributed by atoms with Crippen LogP contribution >= 0.6 is 27.3 Å². The zero-order chi connectivity index (χ0) is 26.3. The van der Waals surface area contributed by atoms with Gasteiger partial charge in [-0.3, -0.25) is 9.36 Å². The fraction of sp³-hybridized carbons (Fsp3) is 0.269. The van der Waals surface area contributed by atoms with Gasteiger partial charge in [0.15, 0.2) is 27.8 Å². The van der Waals surface area contributed by atoms with Gasteiger partial charge in [0.2, 0.25) is 6.79 Å². The van der Waals surface area contributed by atoms with Crippen molar-refractivity contribution < 1.29 is 28.5 Å². The summed E-state index contributed by atoms with van der Waals surface area (Å²) in [6.07, 6.45) is 1.77. The number of thiazole rings is 1. The van der Waals surface area contributed by atoms with Crippen molar-refractivity contribution in [2.75, 3.05) is 27.6 Å². The Morgan fingerprint density at radius 3 is 2.62 bits per heavy atom. The van der Waals surface area contributed by atoms with Crippen LogP contribution in [0, 0.1) is 0 Å². The number of rotatable bonds is 6. The molecule has 3 aromatic rings. The Morgan fingerprint density at radius 1 is 1.19 bits per heavy atom. The van der Waals surface area contributed by atoms with Crippen molar-refractivity contribution in [1.82, 2.24) is 4.57 Å². The molecule has 0 N–H and O–H groups in total. The third kappa shape index (κ3) is 4.42. The van der Waals surface area contributed by atoms with Crippen LogP contribution in [0.4, 0.5) is 0 Å². The molecular weight excluding hydrogens is 564 g/mol. The maximum atomic E-state index is 13.8. The molecule has 0 spiro atoms. The maximum absolute atomic E-state index is 13.8. The molecule has 192 valence electrons. The smallest absolute Gasteiger partial charge is 0.338 e. The van der Waals surface area contributed by atoms with E-state index in [0.717, 1.165) is 10.0 Å². The van der Waals surface area contributed by atoms with Crippen molar-refractivity contribution in [3.05, 3.63) is 76.9 Å². The SMILES string of the molecule is CCOC(=O)C1=C(C)N=c2s/c(=C\c3cc4c(cc3Br)OCO4)c(=O)n2C1c1ccc(OC)c(OC)c1. The van der Waals surface area contributed by atoms with E-state index >= 15 is 0 Å². The highest BCUT2D eigenvalue weighted by molar-refractivity contribution is 9.10. The minimum absolute atomic E-state index is 0.147. The molecule has 5 rings (SSSR count). The van der Waals surface area contributed by atoms with Gasteiger partial charge in [-0.05, 0) is 55.3 Å². The number of allylic oxidation sites excluding steroid dienone is 1. The minimum atomic E-state index is -0.766. The molecule has 9 nitrogen and oxygen atoms in total. The molecule has 2 aliphatic rings. The lowest BCUT2D eigenvalue weighted by atomic mass is 9.95. The van der Waals surface area contributed by atoms with Crippen LogP contribution in [0.3, 0.4) is 0 Å². The summed E-state index contributed by atoms with van der Waals surface area (Å²) in [6.45, 7) is 3.81. The summed E-state index contributed by atoms with van der Waals surface area (Å²) < 4.78 is 29.9. The van der Waals surface area contributed by atoms with Gasteiger partial charge in [0.05, 0.1) is 42.7 Å². The lowest BCUT2D eigenvalue weighted by Crippen LogP contribution is -2.40. The van der Waals surface area contributed by atoms with E-state index in [1.165, 1.54) is 23.0 Å². The molecule has 0 radical (unpaired) electrons. The molecule has 1 atom stereocenters. The highest BCUT2D eigenvalue weighted by Gasteiger charge is 2.34. The zero-order valence-corrected chi connectivity index (χ0v) is 22.9. The predicted octanol–water partition coefficient (Wildman–Crippen LogP) is 3.31. The summed E-state index contributed by atoms with van der Waals surface area (Å²) in [7, 11) is 3.08. The molecule has 2 aliphatic heterocycles. The Labute approximate surface area is 224 Å². The fourth-order valence-electron chi connectivity index (χ4n) is 4.31. The Hall–Kier alpha value is -3.57. The minimum Gasteiger partial charge on any atom is -0.493 e. The van der Waals surface area contributed by atoms with Gasteiger partial charge in [0.25, 0.3) is 5.56 Å². The zero-order valence-electron chi connectivity index (χ0n) is 20.5. The van der Waals surface area contributed by atoms with Gasteiger partial charge < -0.3 is 23.7 Å². The van der Waals surface area contributed by atoms with E-state index in [1.54, 1.807) is 51.3 Å². The number of hydrogen-bond donors (Lipinski definition) is 0. The van der Waals surface area contributed by atoms with Crippen LogP contribution in [-0.4, -0.2) is 38.2 Å². The second kappa shape index (κ2) is 10.1. The molecule has 0 fully saturated rings. The highest BCUT2D eigenvalue weighted by atomic mass is 79.9. The van der Waals surface area contributed by atoms with E-state index < -0.39 is 12.0 Å². The first-order valence-electron chi connectivity index (χ1n) is 11.4. The quantitative estimate of drug-likeness (QED) is 0.409. The predicted molar refractivity (Wildman–Crippen MR) is 140 cm³/mol. The van der Waals surface area contributed by atoms with Crippen LogP contribution in [0.5, 0.6) is 23.0 Å². The average molecular weight is 587 g/mol. The second-order valence-electron chi connectivity index (χ2n) is 8.14. The van der Waals surface area contributed by atoms with Crippen LogP contribution < -0.4 is 33.8 Å². The van der Waals surface area contributed by atoms with Crippen molar-refractivity contribution in [3.63, 3.8) is 0 Å². The Kier molecular flexibility index (Phi) is 6.82. The molecule has 2 aromatic carbocycles. The number of benzene rings is 2. The molecule has 0 bridgehead atoms. The first kappa shape index (κ1) is 25.1. The fourth-order valence-corrected chi connectivity index (χ4v) is 5.79. The standard InChI is InChI=1S/C26H23BrN2O7S/c1-5-34-25(31)22-13(2)28-26-29(23(22)14-6-7-17(32-3)18(8-14)33-4)24(30)21(37-26)10-15-9-19-20(11-16(15)27)36-12-35-19/h6-11,23H,5,12H2,1-4H3/b21-10-. The van der Waals surface area contributed by atoms with Crippen LogP contribution in [-0.2, 0) is 9.53 Å². The largest absolute Gasteiger partial charge is 0.493 e. The van der Waals surface area contributed by atoms with Crippen molar-refractivity contribution >= 4 is 39.3 Å². The van der Waals surface area contributed by atoms with Gasteiger partial charge in [-0.15, -0.1) is 0 Å². The summed E-state index contributed by atoms with van der Waals surface area (Å²) in [6, 6.07) is 8.15. The van der Waals surface area contributed by atoms with Gasteiger partial charge in [-0.25, -0.2) is 9.79 Å². The van der Waals surface area contributed by atoms with E-state index in [1.807, 2.05) is 6.07 Å². The Morgan fingerprint density at radius 2 is 1.92 bits per heavy atom. The normalized spacial score (nSPS) is 16.4. The Bertz CT molecular complexity index is 1620. The van der Waals surface area contributed by atoms with Crippen LogP contribution in [0.15, 0.2) is 55.9 Å². The number of ether oxygens (including phenoxy) is 5. The number of esters is 1. The number of carbonyl (C=O) groups excluding carboxylic acids is 1. The van der Waals surface area contributed by atoms with E-state index in [0.29, 0.717) is 43.6 Å². The highest BCUT2D eigenvalue weighted by Crippen LogP contribution is 2.38. The third-order valence-corrected chi connectivity index (χ3v) is 7.69. The molecule has 1 unspecified atom stereocenters. The number of fused-ring (bicyclic) bond motifs is 2. The second-order valence-corrected chi connectivity index (χ2v) is 10.0. The van der Waals surface area contributed by atoms with Crippen LogP contribution in [0.1, 0.15) is 31.0 Å². The van der Waals surface area contributed by atoms with Crippen molar-refractivity contribution in [1.29, 1.82) is 0 Å². The molecular formula is C26H23BrN2O7S. The molecule has 1 aromatic heterocycles. The summed E-state index contributed by atoms with van der Waals surface area (Å²) in [5.74, 6) is 1.71. The van der Waals surface area contributed by atoms with Crippen molar-refractivity contribution in [3.8, 4) is 23.0 Å². The number of nitrogens with zero attached hydrogens (tertiary/aromatic N) is 2. The number of carbonyl (C=O) groups is 1.